The summed E-state index contributed by atoms with van der Waals surface area (Å²) in [6.07, 6.45) is 56.7. The van der Waals surface area contributed by atoms with E-state index in [9.17, 15) is 19.0 Å². The summed E-state index contributed by atoms with van der Waals surface area (Å²) in [5.74, 6) is -0.539. The van der Waals surface area contributed by atoms with Crippen LogP contribution in [0.4, 0.5) is 0 Å². The van der Waals surface area contributed by atoms with Crippen LogP contribution >= 0.6 is 7.82 Å². The Morgan fingerprint density at radius 1 is 0.515 bits per heavy atom. The van der Waals surface area contributed by atoms with Gasteiger partial charge in [-0.2, -0.15) is 0 Å². The number of ether oxygens (including phenoxy) is 1. The molecule has 3 unspecified atom stereocenters. The molecule has 0 aromatic heterocycles. The lowest BCUT2D eigenvalue weighted by molar-refractivity contribution is -0.870. The Hall–Kier alpha value is -1.77. The van der Waals surface area contributed by atoms with E-state index in [1.807, 2.05) is 33.3 Å². The Morgan fingerprint density at radius 2 is 0.897 bits per heavy atom. The molecule has 9 nitrogen and oxygen atoms in total. The van der Waals surface area contributed by atoms with Gasteiger partial charge in [0.1, 0.15) is 19.3 Å². The van der Waals surface area contributed by atoms with Crippen LogP contribution in [0.25, 0.3) is 0 Å². The van der Waals surface area contributed by atoms with Crippen molar-refractivity contribution in [2.45, 2.75) is 283 Å². The quantitative estimate of drug-likeness (QED) is 0.0212. The molecule has 0 spiro atoms. The summed E-state index contributed by atoms with van der Waals surface area (Å²) >= 11 is 0. The molecular formula is C58H111N2O7P. The highest BCUT2D eigenvalue weighted by molar-refractivity contribution is 7.45. The monoisotopic (exact) mass is 979 g/mol. The number of likely N-dealkylation sites (N-methyl/N-ethyl adjacent to an activating group) is 1. The number of hydrogen-bond donors (Lipinski definition) is 1. The summed E-state index contributed by atoms with van der Waals surface area (Å²) in [7, 11) is 1.19. The van der Waals surface area contributed by atoms with Crippen molar-refractivity contribution in [2.24, 2.45) is 0 Å². The topological polar surface area (TPSA) is 114 Å². The van der Waals surface area contributed by atoms with Crippen LogP contribution in [0.5, 0.6) is 0 Å². The van der Waals surface area contributed by atoms with Crippen molar-refractivity contribution < 1.29 is 37.3 Å². The number of quaternary nitrogens is 1. The van der Waals surface area contributed by atoms with Crippen molar-refractivity contribution in [3.05, 3.63) is 36.5 Å². The standard InChI is InChI=1S/C58H111N2O7P/c1-7-10-13-16-19-22-25-27-28-29-30-31-32-33-36-39-42-45-48-51-58(62)67-56(49-46-43-40-37-35-26-23-20-17-14-11-8-2)55(54-66-68(63,64)65-53-52-60(4,5)6)59-57(61)50-47-44-41-38-34-24-21-18-15-12-9-3/h19,22,27-28,46,49,55-56H,7-18,20-21,23-26,29-45,47-48,50-54H2,1-6H3,(H-,59,61,63,64)/b22-19-,28-27-,49-46+. The molecule has 3 atom stereocenters. The number of phosphoric ester groups is 1. The number of phosphoric acid groups is 1. The van der Waals surface area contributed by atoms with Crippen LogP contribution < -0.4 is 10.2 Å². The number of rotatable bonds is 52. The number of allylic oxidation sites excluding steroid dienone is 5. The van der Waals surface area contributed by atoms with Gasteiger partial charge in [0.25, 0.3) is 7.82 Å². The van der Waals surface area contributed by atoms with Crippen LogP contribution in [-0.4, -0.2) is 69.4 Å². The molecule has 1 N–H and O–H groups in total. The number of nitrogens with zero attached hydrogens (tertiary/aromatic N) is 1. The lowest BCUT2D eigenvalue weighted by atomic mass is 10.0. The van der Waals surface area contributed by atoms with Gasteiger partial charge in [-0.3, -0.25) is 14.2 Å². The predicted octanol–water partition coefficient (Wildman–Crippen LogP) is 16.5. The third-order valence-corrected chi connectivity index (χ3v) is 13.8. The van der Waals surface area contributed by atoms with Crippen LogP contribution in [0.15, 0.2) is 36.5 Å². The number of carbonyl (C=O) groups excluding carboxylic acids is 2. The highest BCUT2D eigenvalue weighted by Crippen LogP contribution is 2.38. The molecule has 1 amide bonds. The van der Waals surface area contributed by atoms with E-state index < -0.39 is 20.0 Å². The summed E-state index contributed by atoms with van der Waals surface area (Å²) in [5, 5.41) is 3.02. The number of unbranched alkanes of at least 4 members (excludes halogenated alkanes) is 32. The minimum atomic E-state index is -4.69. The van der Waals surface area contributed by atoms with Crippen LogP contribution in [0, 0.1) is 0 Å². The van der Waals surface area contributed by atoms with Crippen molar-refractivity contribution in [1.29, 1.82) is 0 Å². The number of nitrogens with one attached hydrogen (secondary N) is 1. The van der Waals surface area contributed by atoms with Crippen molar-refractivity contribution in [3.8, 4) is 0 Å². The van der Waals surface area contributed by atoms with Gasteiger partial charge in [0, 0.05) is 12.8 Å². The first kappa shape index (κ1) is 66.2. The molecule has 10 heteroatoms. The summed E-state index contributed by atoms with van der Waals surface area (Å²) in [6, 6.07) is -0.884. The molecule has 400 valence electrons. The average molecular weight is 980 g/mol. The average Bonchev–Trinajstić information content (AvgIpc) is 3.29. The van der Waals surface area contributed by atoms with Crippen LogP contribution in [0.1, 0.15) is 271 Å². The molecule has 0 aliphatic carbocycles. The molecule has 0 fully saturated rings. The lowest BCUT2D eigenvalue weighted by Crippen LogP contribution is -2.47. The SMILES string of the molecule is CCCCC/C=C\C/C=C\CCCCCCCCCCCC(=O)OC(/C=C/CCCCCCCCCCCC)C(COP(=O)([O-])OCC[N+](C)(C)C)NC(=O)CCCCCCCCCCCCC. The lowest BCUT2D eigenvalue weighted by Gasteiger charge is -2.30. The Morgan fingerprint density at radius 3 is 1.35 bits per heavy atom. The van der Waals surface area contributed by atoms with E-state index in [1.54, 1.807) is 0 Å². The van der Waals surface area contributed by atoms with Crippen molar-refractivity contribution >= 4 is 19.7 Å². The number of hydrogen-bond acceptors (Lipinski definition) is 7. The highest BCUT2D eigenvalue weighted by Gasteiger charge is 2.27. The van der Waals surface area contributed by atoms with E-state index in [0.717, 1.165) is 64.2 Å². The molecule has 0 aliphatic heterocycles. The van der Waals surface area contributed by atoms with E-state index >= 15 is 0 Å². The van der Waals surface area contributed by atoms with E-state index in [-0.39, 0.29) is 31.5 Å². The molecule has 0 rings (SSSR count). The maximum absolute atomic E-state index is 13.4. The number of esters is 1. The first-order valence-electron chi connectivity index (χ1n) is 28.8. The van der Waals surface area contributed by atoms with E-state index in [1.165, 1.54) is 173 Å². The minimum Gasteiger partial charge on any atom is -0.756 e. The second kappa shape index (κ2) is 48.8. The Kier molecular flexibility index (Phi) is 47.6. The number of amides is 1. The maximum atomic E-state index is 13.4. The van der Waals surface area contributed by atoms with Crippen molar-refractivity contribution in [3.63, 3.8) is 0 Å². The Labute approximate surface area is 421 Å². The highest BCUT2D eigenvalue weighted by atomic mass is 31.2. The molecule has 0 radical (unpaired) electrons. The number of carbonyl (C=O) groups is 2. The fourth-order valence-corrected chi connectivity index (χ4v) is 9.04. The summed E-state index contributed by atoms with van der Waals surface area (Å²) in [5.41, 5.74) is 0. The van der Waals surface area contributed by atoms with Gasteiger partial charge in [-0.15, -0.1) is 0 Å². The molecule has 0 heterocycles. The van der Waals surface area contributed by atoms with Gasteiger partial charge in [0.05, 0.1) is 33.8 Å². The molecule has 0 bridgehead atoms. The molecular weight excluding hydrogens is 868 g/mol. The second-order valence-corrected chi connectivity index (χ2v) is 22.2. The van der Waals surface area contributed by atoms with Gasteiger partial charge in [0.15, 0.2) is 0 Å². The fourth-order valence-electron chi connectivity index (χ4n) is 8.32. The first-order valence-corrected chi connectivity index (χ1v) is 30.3. The largest absolute Gasteiger partial charge is 0.756 e. The fraction of sp³-hybridized carbons (Fsp3) is 0.862. The van der Waals surface area contributed by atoms with E-state index in [2.05, 4.69) is 50.4 Å². The Balaban J connectivity index is 5.27. The summed E-state index contributed by atoms with van der Waals surface area (Å²) < 4.78 is 30.2. The van der Waals surface area contributed by atoms with E-state index in [4.69, 9.17) is 13.8 Å². The third-order valence-electron chi connectivity index (χ3n) is 12.8. The molecule has 0 aromatic rings. The molecule has 0 saturated carbocycles. The minimum absolute atomic E-state index is 0.0209. The zero-order chi connectivity index (χ0) is 50.1. The van der Waals surface area contributed by atoms with Gasteiger partial charge in [-0.05, 0) is 63.9 Å². The summed E-state index contributed by atoms with van der Waals surface area (Å²) in [4.78, 5) is 39.8. The van der Waals surface area contributed by atoms with Crippen LogP contribution in [0.2, 0.25) is 0 Å². The Bertz CT molecular complexity index is 1270. The third kappa shape index (κ3) is 49.2. The van der Waals surface area contributed by atoms with E-state index in [0.29, 0.717) is 17.4 Å². The van der Waals surface area contributed by atoms with Gasteiger partial charge >= 0.3 is 5.97 Å². The first-order chi connectivity index (χ1) is 32.9. The molecule has 0 aromatic carbocycles. The summed E-state index contributed by atoms with van der Waals surface area (Å²) in [6.45, 7) is 6.82. The molecule has 0 aliphatic rings. The predicted molar refractivity (Wildman–Crippen MR) is 289 cm³/mol. The zero-order valence-corrected chi connectivity index (χ0v) is 46.5. The molecule has 0 saturated heterocycles. The van der Waals surface area contributed by atoms with Crippen LogP contribution in [-0.2, 0) is 27.9 Å². The maximum Gasteiger partial charge on any atom is 0.306 e. The molecule has 68 heavy (non-hydrogen) atoms. The zero-order valence-electron chi connectivity index (χ0n) is 45.6. The second-order valence-electron chi connectivity index (χ2n) is 20.8. The van der Waals surface area contributed by atoms with Crippen molar-refractivity contribution in [2.75, 3.05) is 40.9 Å². The van der Waals surface area contributed by atoms with Gasteiger partial charge < -0.3 is 28.5 Å². The van der Waals surface area contributed by atoms with Gasteiger partial charge in [-0.25, -0.2) is 0 Å². The van der Waals surface area contributed by atoms with Gasteiger partial charge in [0.2, 0.25) is 5.91 Å². The smallest absolute Gasteiger partial charge is 0.306 e. The van der Waals surface area contributed by atoms with Crippen LogP contribution in [0.3, 0.4) is 0 Å². The van der Waals surface area contributed by atoms with Crippen molar-refractivity contribution in [1.82, 2.24) is 5.32 Å². The normalized spacial score (nSPS) is 14.0. The van der Waals surface area contributed by atoms with Gasteiger partial charge in [-0.1, -0.05) is 231 Å².